The predicted molar refractivity (Wildman–Crippen MR) is 92.5 cm³/mol. The average molecular weight is 343 g/mol. The molecule has 5 nitrogen and oxygen atoms in total. The highest BCUT2D eigenvalue weighted by Crippen LogP contribution is 2.29. The summed E-state index contributed by atoms with van der Waals surface area (Å²) in [5.41, 5.74) is 2.69. The number of imidazole rings is 1. The van der Waals surface area contributed by atoms with Crippen molar-refractivity contribution in [1.82, 2.24) is 15.1 Å². The van der Waals surface area contributed by atoms with Gasteiger partial charge in [0.1, 0.15) is 0 Å². The number of halogens is 1. The van der Waals surface area contributed by atoms with Crippen molar-refractivity contribution < 1.29 is 4.52 Å². The smallest absolute Gasteiger partial charge is 0.202 e. The van der Waals surface area contributed by atoms with E-state index in [9.17, 15) is 0 Å². The van der Waals surface area contributed by atoms with E-state index >= 15 is 0 Å². The number of rotatable bonds is 4. The molecule has 114 valence electrons. The molecule has 0 radical (unpaired) electrons. The Kier molecular flexibility index (Phi) is 3.69. The molecule has 2 aromatic carbocycles. The number of H-pyrrole nitrogens is 1. The highest BCUT2D eigenvalue weighted by Gasteiger charge is 2.09. The van der Waals surface area contributed by atoms with Gasteiger partial charge in [-0.3, -0.25) is 0 Å². The SMILES string of the molecule is Clc1ccccc1NSc1ccc2nc(-c3ccno3)[nH]c2c1. The third kappa shape index (κ3) is 2.91. The Hall–Kier alpha value is -2.44. The fraction of sp³-hybridized carbons (Fsp3) is 0. The van der Waals surface area contributed by atoms with Crippen LogP contribution in [0.4, 0.5) is 5.69 Å². The fourth-order valence-electron chi connectivity index (χ4n) is 2.16. The maximum Gasteiger partial charge on any atom is 0.202 e. The fourth-order valence-corrected chi connectivity index (χ4v) is 3.12. The van der Waals surface area contributed by atoms with Gasteiger partial charge in [0.2, 0.25) is 5.76 Å². The molecule has 4 rings (SSSR count). The second kappa shape index (κ2) is 5.98. The lowest BCUT2D eigenvalue weighted by atomic mass is 10.3. The van der Waals surface area contributed by atoms with E-state index in [0.29, 0.717) is 16.6 Å². The number of benzene rings is 2. The van der Waals surface area contributed by atoms with Crippen LogP contribution in [0.5, 0.6) is 0 Å². The number of hydrogen-bond acceptors (Lipinski definition) is 5. The molecule has 0 saturated heterocycles. The number of nitrogens with one attached hydrogen (secondary N) is 2. The number of para-hydroxylation sites is 1. The van der Waals surface area contributed by atoms with Crippen molar-refractivity contribution in [3.05, 3.63) is 59.8 Å². The standard InChI is InChI=1S/C16H11ClN4OS/c17-11-3-1-2-4-12(11)21-23-10-5-6-13-14(9-10)20-16(19-13)15-7-8-18-22-15/h1-9,21H,(H,19,20). The normalized spacial score (nSPS) is 11.0. The van der Waals surface area contributed by atoms with E-state index < -0.39 is 0 Å². The summed E-state index contributed by atoms with van der Waals surface area (Å²) in [5.74, 6) is 1.28. The summed E-state index contributed by atoms with van der Waals surface area (Å²) in [6.45, 7) is 0. The minimum Gasteiger partial charge on any atom is -0.353 e. The molecule has 0 amide bonds. The summed E-state index contributed by atoms with van der Waals surface area (Å²) in [4.78, 5) is 8.77. The Morgan fingerprint density at radius 3 is 2.87 bits per heavy atom. The van der Waals surface area contributed by atoms with Gasteiger partial charge in [-0.1, -0.05) is 28.9 Å². The van der Waals surface area contributed by atoms with E-state index in [1.165, 1.54) is 11.9 Å². The van der Waals surface area contributed by atoms with Crippen molar-refractivity contribution in [2.75, 3.05) is 4.72 Å². The number of fused-ring (bicyclic) bond motifs is 1. The third-order valence-electron chi connectivity index (χ3n) is 3.28. The highest BCUT2D eigenvalue weighted by atomic mass is 35.5. The summed E-state index contributed by atoms with van der Waals surface area (Å²) >= 11 is 7.63. The van der Waals surface area contributed by atoms with Crippen LogP contribution in [0, 0.1) is 0 Å². The first-order chi connectivity index (χ1) is 11.3. The first kappa shape index (κ1) is 14.2. The summed E-state index contributed by atoms with van der Waals surface area (Å²) < 4.78 is 8.37. The lowest BCUT2D eigenvalue weighted by Crippen LogP contribution is -1.87. The van der Waals surface area contributed by atoms with Crippen LogP contribution >= 0.6 is 23.5 Å². The lowest BCUT2D eigenvalue weighted by molar-refractivity contribution is 0.430. The van der Waals surface area contributed by atoms with Crippen molar-refractivity contribution in [1.29, 1.82) is 0 Å². The van der Waals surface area contributed by atoms with Gasteiger partial charge in [0.25, 0.3) is 0 Å². The van der Waals surface area contributed by atoms with Gasteiger partial charge in [-0.15, -0.1) is 0 Å². The lowest BCUT2D eigenvalue weighted by Gasteiger charge is -2.06. The van der Waals surface area contributed by atoms with Crippen LogP contribution in [0.3, 0.4) is 0 Å². The van der Waals surface area contributed by atoms with E-state index in [0.717, 1.165) is 21.6 Å². The van der Waals surface area contributed by atoms with Gasteiger partial charge in [0, 0.05) is 11.0 Å². The predicted octanol–water partition coefficient (Wildman–Crippen LogP) is 4.99. The van der Waals surface area contributed by atoms with E-state index in [1.807, 2.05) is 42.5 Å². The van der Waals surface area contributed by atoms with Crippen molar-refractivity contribution in [3.63, 3.8) is 0 Å². The zero-order valence-electron chi connectivity index (χ0n) is 11.8. The van der Waals surface area contributed by atoms with Gasteiger partial charge < -0.3 is 14.2 Å². The van der Waals surface area contributed by atoms with Crippen LogP contribution in [0.2, 0.25) is 5.02 Å². The van der Waals surface area contributed by atoms with Crippen LogP contribution in [-0.4, -0.2) is 15.1 Å². The van der Waals surface area contributed by atoms with Gasteiger partial charge in [-0.25, -0.2) is 4.98 Å². The monoisotopic (exact) mass is 342 g/mol. The maximum atomic E-state index is 6.14. The molecule has 23 heavy (non-hydrogen) atoms. The van der Waals surface area contributed by atoms with E-state index in [2.05, 4.69) is 19.8 Å². The largest absolute Gasteiger partial charge is 0.353 e. The molecule has 0 aliphatic heterocycles. The van der Waals surface area contributed by atoms with Crippen molar-refractivity contribution in [2.24, 2.45) is 0 Å². The Morgan fingerprint density at radius 2 is 2.04 bits per heavy atom. The zero-order valence-corrected chi connectivity index (χ0v) is 13.4. The molecule has 0 aliphatic rings. The first-order valence-corrected chi connectivity index (χ1v) is 8.07. The number of hydrogen-bond donors (Lipinski definition) is 2. The molecule has 0 bridgehead atoms. The molecule has 0 saturated carbocycles. The van der Waals surface area contributed by atoms with Gasteiger partial charge in [-0.05, 0) is 42.3 Å². The van der Waals surface area contributed by atoms with Crippen molar-refractivity contribution in [2.45, 2.75) is 4.90 Å². The molecule has 2 heterocycles. The number of anilines is 1. The summed E-state index contributed by atoms with van der Waals surface area (Å²) in [7, 11) is 0. The Labute approximate surface area is 141 Å². The zero-order chi connectivity index (χ0) is 15.6. The van der Waals surface area contributed by atoms with Crippen molar-refractivity contribution in [3.8, 4) is 11.6 Å². The molecule has 2 N–H and O–H groups in total. The Morgan fingerprint density at radius 1 is 1.13 bits per heavy atom. The summed E-state index contributed by atoms with van der Waals surface area (Å²) in [6, 6.07) is 15.4. The molecule has 0 spiro atoms. The topological polar surface area (TPSA) is 66.7 Å². The van der Waals surface area contributed by atoms with Crippen LogP contribution in [0.15, 0.2) is 64.1 Å². The second-order valence-electron chi connectivity index (χ2n) is 4.83. The molecule has 4 aromatic rings. The maximum absolute atomic E-state index is 6.14. The number of aromatic amines is 1. The minimum absolute atomic E-state index is 0.615. The van der Waals surface area contributed by atoms with E-state index in [4.69, 9.17) is 16.1 Å². The van der Waals surface area contributed by atoms with E-state index in [-0.39, 0.29) is 0 Å². The molecule has 2 aromatic heterocycles. The Balaban J connectivity index is 1.58. The average Bonchev–Trinajstić information content (AvgIpc) is 3.22. The minimum atomic E-state index is 0.615. The Bertz CT molecular complexity index is 952. The number of aromatic nitrogens is 3. The van der Waals surface area contributed by atoms with Gasteiger partial charge in [0.15, 0.2) is 5.82 Å². The van der Waals surface area contributed by atoms with Crippen LogP contribution in [0.25, 0.3) is 22.6 Å². The molecule has 0 atom stereocenters. The second-order valence-corrected chi connectivity index (χ2v) is 6.11. The molecule has 0 fully saturated rings. The van der Waals surface area contributed by atoms with Crippen LogP contribution < -0.4 is 4.72 Å². The van der Waals surface area contributed by atoms with Crippen LogP contribution in [-0.2, 0) is 0 Å². The third-order valence-corrected chi connectivity index (χ3v) is 4.42. The van der Waals surface area contributed by atoms with Gasteiger partial charge in [0.05, 0.1) is 27.9 Å². The number of nitrogens with zero attached hydrogens (tertiary/aromatic N) is 2. The molecule has 7 heteroatoms. The van der Waals surface area contributed by atoms with Gasteiger partial charge >= 0.3 is 0 Å². The molecular weight excluding hydrogens is 332 g/mol. The van der Waals surface area contributed by atoms with Crippen LogP contribution in [0.1, 0.15) is 0 Å². The molecule has 0 unspecified atom stereocenters. The van der Waals surface area contributed by atoms with E-state index in [1.54, 1.807) is 12.3 Å². The highest BCUT2D eigenvalue weighted by molar-refractivity contribution is 8.00. The van der Waals surface area contributed by atoms with Gasteiger partial charge in [-0.2, -0.15) is 0 Å². The van der Waals surface area contributed by atoms with Crippen molar-refractivity contribution >= 4 is 40.3 Å². The summed E-state index contributed by atoms with van der Waals surface area (Å²) in [6.07, 6.45) is 1.59. The first-order valence-electron chi connectivity index (χ1n) is 6.88. The summed E-state index contributed by atoms with van der Waals surface area (Å²) in [5, 5.41) is 4.39. The quantitative estimate of drug-likeness (QED) is 0.511. The molecule has 0 aliphatic carbocycles. The molecular formula is C16H11ClN4OS.